The molecule has 1 aliphatic rings. The number of hydrogen-bond donors (Lipinski definition) is 3. The average molecular weight is 237 g/mol. The second-order valence-electron chi connectivity index (χ2n) is 4.95. The fourth-order valence-corrected chi connectivity index (χ4v) is 3.26. The Balaban J connectivity index is 2.48. The van der Waals surface area contributed by atoms with Gasteiger partial charge in [0, 0.05) is 24.6 Å². The number of sulfone groups is 1. The molecule has 15 heavy (non-hydrogen) atoms. The quantitative estimate of drug-likeness (QED) is 0.569. The topological polar surface area (TPSA) is 86.6 Å². The smallest absolute Gasteiger partial charge is 0.154 e. The minimum Gasteiger partial charge on any atom is -0.396 e. The Hall–Kier alpha value is -0.170. The Morgan fingerprint density at radius 2 is 2.00 bits per heavy atom. The molecular weight excluding hydrogens is 218 g/mol. The van der Waals surface area contributed by atoms with Gasteiger partial charge in [-0.3, -0.25) is 0 Å². The van der Waals surface area contributed by atoms with Crippen molar-refractivity contribution in [3.05, 3.63) is 0 Å². The summed E-state index contributed by atoms with van der Waals surface area (Å²) >= 11 is 0. The van der Waals surface area contributed by atoms with Gasteiger partial charge in [-0.2, -0.15) is 0 Å². The first kappa shape index (κ1) is 12.9. The second kappa shape index (κ2) is 4.37. The van der Waals surface area contributed by atoms with E-state index in [1.54, 1.807) is 0 Å². The normalized spacial score (nSPS) is 30.7. The molecule has 0 aromatic heterocycles. The Bertz CT molecular complexity index is 312. The molecule has 0 bridgehead atoms. The lowest BCUT2D eigenvalue weighted by molar-refractivity contribution is 0.129. The maximum Gasteiger partial charge on any atom is 0.154 e. The number of aliphatic hydroxyl groups excluding tert-OH is 2. The Morgan fingerprint density at radius 1 is 1.40 bits per heavy atom. The molecule has 1 saturated heterocycles. The van der Waals surface area contributed by atoms with Gasteiger partial charge in [0.2, 0.25) is 0 Å². The first-order valence-electron chi connectivity index (χ1n) is 4.98. The third kappa shape index (κ3) is 3.71. The molecule has 90 valence electrons. The Labute approximate surface area is 90.4 Å². The summed E-state index contributed by atoms with van der Waals surface area (Å²) in [7, 11) is -3.09. The molecule has 0 saturated carbocycles. The van der Waals surface area contributed by atoms with Gasteiger partial charge in [0.15, 0.2) is 9.84 Å². The highest BCUT2D eigenvalue weighted by atomic mass is 32.2. The van der Waals surface area contributed by atoms with Crippen LogP contribution in [0.3, 0.4) is 0 Å². The molecule has 0 aliphatic carbocycles. The van der Waals surface area contributed by atoms with Crippen molar-refractivity contribution in [3.8, 4) is 0 Å². The zero-order valence-corrected chi connectivity index (χ0v) is 9.92. The lowest BCUT2D eigenvalue weighted by Gasteiger charge is -2.25. The van der Waals surface area contributed by atoms with Crippen LogP contribution in [-0.2, 0) is 9.84 Å². The van der Waals surface area contributed by atoms with Crippen LogP contribution in [0, 0.1) is 5.41 Å². The number of aliphatic hydroxyl groups is 2. The van der Waals surface area contributed by atoms with Crippen LogP contribution in [0.2, 0.25) is 0 Å². The molecule has 1 rings (SSSR count). The molecule has 1 fully saturated rings. The summed E-state index contributed by atoms with van der Waals surface area (Å²) in [6.07, 6.45) is -0.829. The summed E-state index contributed by atoms with van der Waals surface area (Å²) in [5.74, 6) is -0.181. The largest absolute Gasteiger partial charge is 0.396 e. The maximum atomic E-state index is 11.2. The molecule has 0 aromatic rings. The number of rotatable bonds is 4. The van der Waals surface area contributed by atoms with Crippen molar-refractivity contribution in [2.24, 2.45) is 5.41 Å². The Kier molecular flexibility index (Phi) is 3.76. The lowest BCUT2D eigenvalue weighted by atomic mass is 9.94. The summed E-state index contributed by atoms with van der Waals surface area (Å²) < 4.78 is 22.4. The summed E-state index contributed by atoms with van der Waals surface area (Å²) in [5.41, 5.74) is -0.300. The zero-order chi connectivity index (χ0) is 11.7. The van der Waals surface area contributed by atoms with Gasteiger partial charge >= 0.3 is 0 Å². The lowest BCUT2D eigenvalue weighted by Crippen LogP contribution is -2.44. The van der Waals surface area contributed by atoms with Gasteiger partial charge in [0.1, 0.15) is 0 Å². The summed E-state index contributed by atoms with van der Waals surface area (Å²) in [4.78, 5) is 0. The van der Waals surface area contributed by atoms with Gasteiger partial charge in [-0.05, 0) is 0 Å². The van der Waals surface area contributed by atoms with Crippen LogP contribution in [0.25, 0.3) is 0 Å². The van der Waals surface area contributed by atoms with Crippen LogP contribution >= 0.6 is 0 Å². The van der Waals surface area contributed by atoms with Crippen molar-refractivity contribution in [2.45, 2.75) is 26.0 Å². The van der Waals surface area contributed by atoms with E-state index in [9.17, 15) is 13.5 Å². The second-order valence-corrected chi connectivity index (χ2v) is 7.11. The van der Waals surface area contributed by atoms with E-state index in [1.165, 1.54) is 0 Å². The minimum atomic E-state index is -3.09. The van der Waals surface area contributed by atoms with Gasteiger partial charge in [0.25, 0.3) is 0 Å². The SMILES string of the molecule is CC(C)(CO)CNC1CS(=O)(=O)CC1O. The van der Waals surface area contributed by atoms with E-state index in [1.807, 2.05) is 13.8 Å². The first-order valence-corrected chi connectivity index (χ1v) is 6.81. The van der Waals surface area contributed by atoms with Crippen molar-refractivity contribution in [2.75, 3.05) is 24.7 Å². The maximum absolute atomic E-state index is 11.2. The van der Waals surface area contributed by atoms with Crippen molar-refractivity contribution >= 4 is 9.84 Å². The van der Waals surface area contributed by atoms with E-state index in [0.29, 0.717) is 6.54 Å². The molecule has 3 N–H and O–H groups in total. The van der Waals surface area contributed by atoms with Gasteiger partial charge in [-0.15, -0.1) is 0 Å². The van der Waals surface area contributed by atoms with Crippen LogP contribution in [-0.4, -0.2) is 55.4 Å². The molecule has 6 heteroatoms. The standard InChI is InChI=1S/C9H19NO4S/c1-9(2,6-11)5-10-7-3-15(13,14)4-8(7)12/h7-8,10-12H,3-6H2,1-2H3. The fourth-order valence-electron chi connectivity index (χ4n) is 1.49. The van der Waals surface area contributed by atoms with Crippen molar-refractivity contribution in [1.29, 1.82) is 0 Å². The number of nitrogens with one attached hydrogen (secondary N) is 1. The molecular formula is C9H19NO4S. The summed E-state index contributed by atoms with van der Waals surface area (Å²) in [6.45, 7) is 4.25. The van der Waals surface area contributed by atoms with Gasteiger partial charge in [-0.1, -0.05) is 13.8 Å². The van der Waals surface area contributed by atoms with Crippen molar-refractivity contribution < 1.29 is 18.6 Å². The molecule has 1 heterocycles. The highest BCUT2D eigenvalue weighted by Crippen LogP contribution is 2.16. The molecule has 1 aliphatic heterocycles. The van der Waals surface area contributed by atoms with Crippen molar-refractivity contribution in [1.82, 2.24) is 5.32 Å². The third-order valence-corrected chi connectivity index (χ3v) is 4.31. The molecule has 0 spiro atoms. The molecule has 5 nitrogen and oxygen atoms in total. The third-order valence-electron chi connectivity index (χ3n) is 2.59. The molecule has 2 unspecified atom stereocenters. The van der Waals surface area contributed by atoms with E-state index >= 15 is 0 Å². The van der Waals surface area contributed by atoms with Crippen LogP contribution in [0.5, 0.6) is 0 Å². The monoisotopic (exact) mass is 237 g/mol. The average Bonchev–Trinajstić information content (AvgIpc) is 2.36. The van der Waals surface area contributed by atoms with Crippen LogP contribution < -0.4 is 5.32 Å². The highest BCUT2D eigenvalue weighted by molar-refractivity contribution is 7.91. The fraction of sp³-hybridized carbons (Fsp3) is 1.00. The van der Waals surface area contributed by atoms with E-state index in [0.717, 1.165) is 0 Å². The molecule has 0 amide bonds. The van der Waals surface area contributed by atoms with E-state index < -0.39 is 22.0 Å². The van der Waals surface area contributed by atoms with Crippen LogP contribution in [0.15, 0.2) is 0 Å². The van der Waals surface area contributed by atoms with E-state index in [4.69, 9.17) is 5.11 Å². The van der Waals surface area contributed by atoms with Gasteiger partial charge in [0.05, 0.1) is 17.6 Å². The predicted octanol–water partition coefficient (Wildman–Crippen LogP) is -1.25. The van der Waals surface area contributed by atoms with Gasteiger partial charge in [-0.25, -0.2) is 8.42 Å². The van der Waals surface area contributed by atoms with Gasteiger partial charge < -0.3 is 15.5 Å². The molecule has 0 aromatic carbocycles. The Morgan fingerprint density at radius 3 is 2.40 bits per heavy atom. The van der Waals surface area contributed by atoms with Crippen LogP contribution in [0.1, 0.15) is 13.8 Å². The molecule has 2 atom stereocenters. The minimum absolute atomic E-state index is 0.0182. The number of hydrogen-bond acceptors (Lipinski definition) is 5. The zero-order valence-electron chi connectivity index (χ0n) is 9.10. The summed E-state index contributed by atoms with van der Waals surface area (Å²) in [5, 5.41) is 21.5. The first-order chi connectivity index (χ1) is 6.76. The van der Waals surface area contributed by atoms with E-state index in [-0.39, 0.29) is 23.5 Å². The van der Waals surface area contributed by atoms with Crippen LogP contribution in [0.4, 0.5) is 0 Å². The van der Waals surface area contributed by atoms with E-state index in [2.05, 4.69) is 5.32 Å². The molecule has 0 radical (unpaired) electrons. The predicted molar refractivity (Wildman–Crippen MR) is 57.3 cm³/mol. The summed E-state index contributed by atoms with van der Waals surface area (Å²) in [6, 6.07) is -0.402. The van der Waals surface area contributed by atoms with Crippen molar-refractivity contribution in [3.63, 3.8) is 0 Å². The highest BCUT2D eigenvalue weighted by Gasteiger charge is 2.36.